The fourth-order valence-corrected chi connectivity index (χ4v) is 4.31. The van der Waals surface area contributed by atoms with Crippen LogP contribution in [0.5, 0.6) is 0 Å². The molecule has 28 heavy (non-hydrogen) atoms. The van der Waals surface area contributed by atoms with E-state index in [1.54, 1.807) is 18.2 Å². The molecular weight excluding hydrogens is 397 g/mol. The molecule has 1 atom stereocenters. The molecule has 0 radical (unpaired) electrons. The molecule has 2 aromatic carbocycles. The fourth-order valence-electron chi connectivity index (χ4n) is 3.96. The summed E-state index contributed by atoms with van der Waals surface area (Å²) in [5, 5.41) is 1.26. The maximum absolute atomic E-state index is 13.1. The quantitative estimate of drug-likeness (QED) is 0.713. The van der Waals surface area contributed by atoms with Crippen LogP contribution in [0.4, 0.5) is 11.4 Å². The first-order valence-electron chi connectivity index (χ1n) is 9.32. The second-order valence-corrected chi connectivity index (χ2v) is 8.02. The molecule has 2 heterocycles. The molecule has 0 spiro atoms. The summed E-state index contributed by atoms with van der Waals surface area (Å²) < 4.78 is 0. The molecule has 0 saturated carbocycles. The second kappa shape index (κ2) is 7.74. The van der Waals surface area contributed by atoms with E-state index in [9.17, 15) is 9.59 Å². The van der Waals surface area contributed by atoms with Crippen molar-refractivity contribution in [2.75, 3.05) is 36.0 Å². The van der Waals surface area contributed by atoms with Gasteiger partial charge < -0.3 is 4.90 Å². The summed E-state index contributed by atoms with van der Waals surface area (Å²) >= 11 is 12.3. The molecule has 2 fully saturated rings. The van der Waals surface area contributed by atoms with Gasteiger partial charge in [0.15, 0.2) is 0 Å². The van der Waals surface area contributed by atoms with Crippen molar-refractivity contribution in [3.05, 3.63) is 58.1 Å². The summed E-state index contributed by atoms with van der Waals surface area (Å²) in [6, 6.07) is 12.7. The smallest absolute Gasteiger partial charge is 0.251 e. The van der Waals surface area contributed by atoms with Crippen LogP contribution in [0.2, 0.25) is 10.0 Å². The highest BCUT2D eigenvalue weighted by atomic mass is 35.5. The molecule has 7 heteroatoms. The van der Waals surface area contributed by atoms with Crippen molar-refractivity contribution < 1.29 is 9.59 Å². The van der Waals surface area contributed by atoms with E-state index >= 15 is 0 Å². The van der Waals surface area contributed by atoms with Crippen molar-refractivity contribution in [2.24, 2.45) is 0 Å². The van der Waals surface area contributed by atoms with Gasteiger partial charge in [-0.3, -0.25) is 14.5 Å². The fraction of sp³-hybridized carbons (Fsp3) is 0.333. The van der Waals surface area contributed by atoms with Gasteiger partial charge in [-0.15, -0.1) is 0 Å². The summed E-state index contributed by atoms with van der Waals surface area (Å²) in [6.07, 6.45) is 0.210. The lowest BCUT2D eigenvalue weighted by Crippen LogP contribution is -2.52. The number of carbonyl (C=O) groups excluding carboxylic acids is 2. The van der Waals surface area contributed by atoms with Gasteiger partial charge in [0.25, 0.3) is 5.91 Å². The Hall–Kier alpha value is -2.08. The standard InChI is InChI=1S/C21H21Cl2N3O2/c1-14-17(23)6-3-7-18(14)26-20(27)13-19(21(26)28)25-10-8-24(9-11-25)16-5-2-4-15(22)12-16/h2-7,12,19H,8-11,13H2,1H3/t19-/m0/s1. The van der Waals surface area contributed by atoms with Gasteiger partial charge in [-0.05, 0) is 42.8 Å². The highest BCUT2D eigenvalue weighted by molar-refractivity contribution is 6.32. The van der Waals surface area contributed by atoms with Crippen molar-refractivity contribution >= 4 is 46.4 Å². The van der Waals surface area contributed by atoms with Gasteiger partial charge >= 0.3 is 0 Å². The summed E-state index contributed by atoms with van der Waals surface area (Å²) in [5.41, 5.74) is 2.41. The number of nitrogens with zero attached hydrogens (tertiary/aromatic N) is 3. The van der Waals surface area contributed by atoms with E-state index in [0.29, 0.717) is 15.7 Å². The van der Waals surface area contributed by atoms with Crippen molar-refractivity contribution in [2.45, 2.75) is 19.4 Å². The van der Waals surface area contributed by atoms with Crippen molar-refractivity contribution in [1.29, 1.82) is 0 Å². The van der Waals surface area contributed by atoms with E-state index in [-0.39, 0.29) is 18.2 Å². The van der Waals surface area contributed by atoms with Gasteiger partial charge in [-0.25, -0.2) is 4.90 Å². The van der Waals surface area contributed by atoms with Crippen molar-refractivity contribution in [1.82, 2.24) is 4.90 Å². The van der Waals surface area contributed by atoms with E-state index in [1.807, 2.05) is 31.2 Å². The molecule has 2 saturated heterocycles. The first-order valence-corrected chi connectivity index (χ1v) is 10.1. The molecule has 0 aromatic heterocycles. The van der Waals surface area contributed by atoms with E-state index in [2.05, 4.69) is 9.80 Å². The SMILES string of the molecule is Cc1c(Cl)cccc1N1C(=O)C[C@H](N2CCN(c3cccc(Cl)c3)CC2)C1=O. The Labute approximate surface area is 174 Å². The first kappa shape index (κ1) is 19.2. The average Bonchev–Trinajstić information content (AvgIpc) is 2.98. The lowest BCUT2D eigenvalue weighted by atomic mass is 10.1. The number of amides is 2. The van der Waals surface area contributed by atoms with Gasteiger partial charge in [0.05, 0.1) is 18.2 Å². The molecule has 0 N–H and O–H groups in total. The van der Waals surface area contributed by atoms with Crippen LogP contribution in [0.15, 0.2) is 42.5 Å². The molecule has 5 nitrogen and oxygen atoms in total. The Bertz CT molecular complexity index is 926. The van der Waals surface area contributed by atoms with Crippen LogP contribution in [-0.4, -0.2) is 48.9 Å². The minimum Gasteiger partial charge on any atom is -0.369 e. The minimum absolute atomic E-state index is 0.161. The lowest BCUT2D eigenvalue weighted by molar-refractivity contribution is -0.123. The van der Waals surface area contributed by atoms with Gasteiger partial charge in [-0.2, -0.15) is 0 Å². The molecule has 2 aromatic rings. The van der Waals surface area contributed by atoms with Crippen molar-refractivity contribution in [3.63, 3.8) is 0 Å². The number of imide groups is 1. The topological polar surface area (TPSA) is 43.9 Å². The number of benzene rings is 2. The number of hydrogen-bond acceptors (Lipinski definition) is 4. The van der Waals surface area contributed by atoms with Gasteiger partial charge in [0, 0.05) is 41.9 Å². The normalized spacial score (nSPS) is 20.9. The van der Waals surface area contributed by atoms with Crippen LogP contribution in [0.1, 0.15) is 12.0 Å². The minimum atomic E-state index is -0.410. The zero-order valence-electron chi connectivity index (χ0n) is 15.6. The highest BCUT2D eigenvalue weighted by Gasteiger charge is 2.43. The molecule has 2 aliphatic heterocycles. The predicted molar refractivity (Wildman–Crippen MR) is 112 cm³/mol. The number of rotatable bonds is 3. The van der Waals surface area contributed by atoms with Gasteiger partial charge in [-0.1, -0.05) is 35.3 Å². The highest BCUT2D eigenvalue weighted by Crippen LogP contribution is 2.32. The third-order valence-electron chi connectivity index (χ3n) is 5.53. The van der Waals surface area contributed by atoms with E-state index in [0.717, 1.165) is 37.4 Å². The Morgan fingerprint density at radius 1 is 0.964 bits per heavy atom. The third kappa shape index (κ3) is 3.50. The molecule has 0 bridgehead atoms. The monoisotopic (exact) mass is 417 g/mol. The Kier molecular flexibility index (Phi) is 5.32. The summed E-state index contributed by atoms with van der Waals surface area (Å²) in [6.45, 7) is 4.84. The number of piperazine rings is 1. The van der Waals surface area contributed by atoms with Gasteiger partial charge in [0.1, 0.15) is 0 Å². The zero-order valence-corrected chi connectivity index (χ0v) is 17.1. The van der Waals surface area contributed by atoms with E-state index in [4.69, 9.17) is 23.2 Å². The molecule has 4 rings (SSSR count). The number of halogens is 2. The van der Waals surface area contributed by atoms with Crippen LogP contribution in [0, 0.1) is 6.92 Å². The van der Waals surface area contributed by atoms with Gasteiger partial charge in [0.2, 0.25) is 5.91 Å². The van der Waals surface area contributed by atoms with Crippen molar-refractivity contribution in [3.8, 4) is 0 Å². The molecule has 0 aliphatic carbocycles. The van der Waals surface area contributed by atoms with Crippen LogP contribution in [0.3, 0.4) is 0 Å². The molecule has 146 valence electrons. The van der Waals surface area contributed by atoms with Crippen LogP contribution >= 0.6 is 23.2 Å². The van der Waals surface area contributed by atoms with Crippen LogP contribution < -0.4 is 9.80 Å². The largest absolute Gasteiger partial charge is 0.369 e. The second-order valence-electron chi connectivity index (χ2n) is 7.17. The van der Waals surface area contributed by atoms with E-state index in [1.165, 1.54) is 4.90 Å². The zero-order chi connectivity index (χ0) is 19.8. The first-order chi connectivity index (χ1) is 13.5. The molecular formula is C21H21Cl2N3O2. The lowest BCUT2D eigenvalue weighted by Gasteiger charge is -2.38. The third-order valence-corrected chi connectivity index (χ3v) is 6.18. The summed E-state index contributed by atoms with van der Waals surface area (Å²) in [7, 11) is 0. The maximum atomic E-state index is 13.1. The maximum Gasteiger partial charge on any atom is 0.251 e. The number of carbonyl (C=O) groups is 2. The predicted octanol–water partition coefficient (Wildman–Crippen LogP) is 3.76. The summed E-state index contributed by atoms with van der Waals surface area (Å²) in [5.74, 6) is -0.329. The summed E-state index contributed by atoms with van der Waals surface area (Å²) in [4.78, 5) is 31.4. The van der Waals surface area contributed by atoms with Crippen LogP contribution in [-0.2, 0) is 9.59 Å². The Morgan fingerprint density at radius 2 is 1.68 bits per heavy atom. The van der Waals surface area contributed by atoms with E-state index < -0.39 is 6.04 Å². The molecule has 2 amide bonds. The number of hydrogen-bond donors (Lipinski definition) is 0. The Morgan fingerprint density at radius 3 is 2.39 bits per heavy atom. The molecule has 0 unspecified atom stereocenters. The Balaban J connectivity index is 1.47. The molecule has 2 aliphatic rings. The van der Waals surface area contributed by atoms with Crippen LogP contribution in [0.25, 0.3) is 0 Å². The number of anilines is 2. The average molecular weight is 418 g/mol.